The Balaban J connectivity index is 0.000000393. The predicted molar refractivity (Wildman–Crippen MR) is 139 cm³/mol. The zero-order valence-corrected chi connectivity index (χ0v) is 22.2. The molecule has 1 aliphatic heterocycles. The van der Waals surface area contributed by atoms with Crippen LogP contribution in [0.3, 0.4) is 0 Å². The van der Waals surface area contributed by atoms with Crippen molar-refractivity contribution in [3.8, 4) is 0 Å². The average molecular weight is 541 g/mol. The Morgan fingerprint density at radius 3 is 1.44 bits per heavy atom. The van der Waals surface area contributed by atoms with E-state index in [1.54, 1.807) is 32.1 Å². The molecule has 4 N–H and O–H groups in total. The monoisotopic (exact) mass is 540 g/mol. The lowest BCUT2D eigenvalue weighted by Crippen LogP contribution is -3.11. The van der Waals surface area contributed by atoms with Crippen LogP contribution in [0.25, 0.3) is 0 Å². The minimum absolute atomic E-state index is 0.447. The molecule has 10 nitrogen and oxygen atoms in total. The van der Waals surface area contributed by atoms with E-state index in [0.717, 1.165) is 13.1 Å². The molecule has 10 heteroatoms. The van der Waals surface area contributed by atoms with Gasteiger partial charge < -0.3 is 39.8 Å². The topological polar surface area (TPSA) is 164 Å². The number of quaternary nitrogens is 2. The summed E-state index contributed by atoms with van der Waals surface area (Å²) in [5.74, 6) is -5.61. The van der Waals surface area contributed by atoms with Gasteiger partial charge in [0.1, 0.15) is 13.1 Å². The van der Waals surface area contributed by atoms with Gasteiger partial charge in [-0.2, -0.15) is 0 Å². The summed E-state index contributed by atoms with van der Waals surface area (Å²) >= 11 is 0. The van der Waals surface area contributed by atoms with Crippen molar-refractivity contribution in [2.45, 2.75) is 32.4 Å². The Morgan fingerprint density at radius 2 is 1.13 bits per heavy atom. The third-order valence-corrected chi connectivity index (χ3v) is 5.71. The van der Waals surface area contributed by atoms with Crippen LogP contribution in [-0.2, 0) is 45.1 Å². The Kier molecular flexibility index (Phi) is 15.2. The Bertz CT molecular complexity index is 1040. The van der Waals surface area contributed by atoms with E-state index < -0.39 is 23.9 Å². The molecule has 0 saturated carbocycles. The van der Waals surface area contributed by atoms with Crippen molar-refractivity contribution in [1.29, 1.82) is 0 Å². The second-order valence-electron chi connectivity index (χ2n) is 9.18. The maximum atomic E-state index is 9.53. The van der Waals surface area contributed by atoms with Gasteiger partial charge in [0, 0.05) is 29.7 Å². The first-order chi connectivity index (χ1) is 18.5. The summed E-state index contributed by atoms with van der Waals surface area (Å²) in [6.45, 7) is 4.83. The number of fused-ring (bicyclic) bond motifs is 2. The highest BCUT2D eigenvalue weighted by molar-refractivity contribution is 5.89. The standard InChI is InChI=1S/C21H28N2.2C4H4O4/c1-22(2)14-7-15-23-16-20-10-5-3-8-18(20)12-13-19-9-4-6-11-21(19)17-23;2*5-3(6)1-2-4(7)8/h3-6,8-11H,7,12-17H2,1-2H3;2*1-2H,(H,5,6)(H,7,8)/b;2*2-1-. The van der Waals surface area contributed by atoms with Crippen molar-refractivity contribution < 1.29 is 49.4 Å². The molecule has 2 aromatic rings. The molecular weight excluding hydrogens is 504 g/mol. The summed E-state index contributed by atoms with van der Waals surface area (Å²) in [6, 6.07) is 18.1. The van der Waals surface area contributed by atoms with Gasteiger partial charge in [0.05, 0.1) is 39.1 Å². The second-order valence-corrected chi connectivity index (χ2v) is 9.18. The van der Waals surface area contributed by atoms with Crippen molar-refractivity contribution >= 4 is 23.9 Å². The zero-order valence-electron chi connectivity index (χ0n) is 22.2. The third kappa shape index (κ3) is 15.5. The molecular formula is C29H36N2O8. The molecule has 39 heavy (non-hydrogen) atoms. The van der Waals surface area contributed by atoms with Gasteiger partial charge in [-0.05, 0) is 36.1 Å². The quantitative estimate of drug-likeness (QED) is 0.271. The van der Waals surface area contributed by atoms with Gasteiger partial charge in [-0.1, -0.05) is 48.5 Å². The molecule has 0 aromatic heterocycles. The van der Waals surface area contributed by atoms with Crippen LogP contribution < -0.4 is 20.0 Å². The number of benzene rings is 2. The van der Waals surface area contributed by atoms with E-state index in [4.69, 9.17) is 10.2 Å². The van der Waals surface area contributed by atoms with Crippen LogP contribution in [0.4, 0.5) is 0 Å². The largest absolute Gasteiger partial charge is 0.545 e. The van der Waals surface area contributed by atoms with Crippen molar-refractivity contribution in [2.75, 3.05) is 27.2 Å². The molecule has 0 fully saturated rings. The van der Waals surface area contributed by atoms with Crippen LogP contribution >= 0.6 is 0 Å². The van der Waals surface area contributed by atoms with Crippen LogP contribution in [0, 0.1) is 0 Å². The number of carbonyl (C=O) groups excluding carboxylic acids is 2. The lowest BCUT2D eigenvalue weighted by atomic mass is 9.98. The minimum Gasteiger partial charge on any atom is -0.545 e. The van der Waals surface area contributed by atoms with Crippen LogP contribution in [0.15, 0.2) is 72.8 Å². The first-order valence-electron chi connectivity index (χ1n) is 12.5. The lowest BCUT2D eigenvalue weighted by molar-refractivity contribution is -0.932. The van der Waals surface area contributed by atoms with Crippen molar-refractivity contribution in [3.63, 3.8) is 0 Å². The van der Waals surface area contributed by atoms with Gasteiger partial charge in [-0.3, -0.25) is 0 Å². The van der Waals surface area contributed by atoms with E-state index in [1.807, 2.05) is 0 Å². The van der Waals surface area contributed by atoms with E-state index in [-0.39, 0.29) is 0 Å². The molecule has 0 aliphatic carbocycles. The molecule has 2 aromatic carbocycles. The smallest absolute Gasteiger partial charge is 0.328 e. The first kappa shape index (κ1) is 32.7. The summed E-state index contributed by atoms with van der Waals surface area (Å²) in [7, 11) is 4.50. The van der Waals surface area contributed by atoms with Gasteiger partial charge in [0.2, 0.25) is 0 Å². The summed E-state index contributed by atoms with van der Waals surface area (Å²) in [6.07, 6.45) is 5.52. The van der Waals surface area contributed by atoms with E-state index in [2.05, 4.69) is 62.6 Å². The van der Waals surface area contributed by atoms with E-state index in [1.165, 1.54) is 32.4 Å². The van der Waals surface area contributed by atoms with Gasteiger partial charge >= 0.3 is 11.9 Å². The third-order valence-electron chi connectivity index (χ3n) is 5.71. The van der Waals surface area contributed by atoms with Crippen molar-refractivity contribution in [2.24, 2.45) is 0 Å². The molecule has 0 spiro atoms. The predicted octanol–water partition coefficient (Wildman–Crippen LogP) is -2.34. The summed E-state index contributed by atoms with van der Waals surface area (Å²) < 4.78 is 0. The maximum absolute atomic E-state index is 9.53. The highest BCUT2D eigenvalue weighted by Crippen LogP contribution is 2.16. The van der Waals surface area contributed by atoms with Gasteiger partial charge in [-0.25, -0.2) is 9.59 Å². The average Bonchev–Trinajstić information content (AvgIpc) is 2.94. The fraction of sp³-hybridized carbons (Fsp3) is 0.310. The van der Waals surface area contributed by atoms with E-state index >= 15 is 0 Å². The van der Waals surface area contributed by atoms with Gasteiger partial charge in [0.15, 0.2) is 0 Å². The fourth-order valence-corrected chi connectivity index (χ4v) is 3.97. The number of rotatable bonds is 8. The summed E-state index contributed by atoms with van der Waals surface area (Å²) in [5, 5.41) is 34.5. The van der Waals surface area contributed by atoms with Crippen LogP contribution in [0.1, 0.15) is 28.7 Å². The summed E-state index contributed by atoms with van der Waals surface area (Å²) in [4.78, 5) is 41.2. The number of aryl methyl sites for hydroxylation is 2. The molecule has 0 unspecified atom stereocenters. The first-order valence-corrected chi connectivity index (χ1v) is 12.5. The number of hydrogen-bond acceptors (Lipinski definition) is 6. The number of aliphatic carboxylic acids is 4. The van der Waals surface area contributed by atoms with E-state index in [0.29, 0.717) is 24.3 Å². The van der Waals surface area contributed by atoms with Gasteiger partial charge in [-0.15, -0.1) is 0 Å². The minimum atomic E-state index is -1.51. The van der Waals surface area contributed by atoms with Gasteiger partial charge in [0.25, 0.3) is 0 Å². The summed E-state index contributed by atoms with van der Waals surface area (Å²) in [5.41, 5.74) is 6.18. The van der Waals surface area contributed by atoms with Crippen LogP contribution in [0.5, 0.6) is 0 Å². The van der Waals surface area contributed by atoms with Crippen LogP contribution in [-0.4, -0.2) is 61.3 Å². The number of carboxylic acids is 4. The fourth-order valence-electron chi connectivity index (χ4n) is 3.97. The lowest BCUT2D eigenvalue weighted by Gasteiger charge is -2.21. The SMILES string of the molecule is C[NH+](C)CCC[NH+]1Cc2ccccc2CCc2ccccc2C1.O=C([O-])/C=C\C(=O)O.O=C([O-])/C=C\C(=O)O. The molecule has 210 valence electrons. The number of carbonyl (C=O) groups is 4. The molecule has 0 atom stereocenters. The number of hydrogen-bond donors (Lipinski definition) is 4. The molecule has 0 saturated heterocycles. The molecule has 1 aliphatic rings. The molecule has 0 radical (unpaired) electrons. The van der Waals surface area contributed by atoms with Crippen LogP contribution in [0.2, 0.25) is 0 Å². The Morgan fingerprint density at radius 1 is 0.744 bits per heavy atom. The normalized spacial score (nSPS) is 13.0. The molecule has 1 heterocycles. The second kappa shape index (κ2) is 18.1. The number of carboxylic acid groups (broad SMARTS) is 4. The van der Waals surface area contributed by atoms with E-state index in [9.17, 15) is 29.4 Å². The van der Waals surface area contributed by atoms with Crippen molar-refractivity contribution in [1.82, 2.24) is 0 Å². The molecule has 0 bridgehead atoms. The zero-order chi connectivity index (χ0) is 29.2. The molecule has 3 rings (SSSR count). The maximum Gasteiger partial charge on any atom is 0.328 e. The van der Waals surface area contributed by atoms with Crippen molar-refractivity contribution in [3.05, 3.63) is 95.1 Å². The highest BCUT2D eigenvalue weighted by atomic mass is 16.4. The number of nitrogens with one attached hydrogen (secondary N) is 2. The molecule has 0 amide bonds. The Hall–Kier alpha value is -4.28. The highest BCUT2D eigenvalue weighted by Gasteiger charge is 2.18. The Labute approximate surface area is 228 Å².